The highest BCUT2D eigenvalue weighted by Gasteiger charge is 2.28. The highest BCUT2D eigenvalue weighted by Crippen LogP contribution is 2.29. The van der Waals surface area contributed by atoms with E-state index in [0.717, 1.165) is 5.92 Å². The molecule has 2 N–H and O–H groups in total. The van der Waals surface area contributed by atoms with Crippen LogP contribution in [0.5, 0.6) is 0 Å². The quantitative estimate of drug-likeness (QED) is 0.779. The Balaban J connectivity index is 1.58. The van der Waals surface area contributed by atoms with E-state index in [9.17, 15) is 5.11 Å². The summed E-state index contributed by atoms with van der Waals surface area (Å²) in [5.74, 6) is 0.855. The van der Waals surface area contributed by atoms with Gasteiger partial charge < -0.3 is 15.2 Å². The van der Waals surface area contributed by atoms with Crippen LogP contribution in [0, 0.1) is 5.92 Å². The number of aliphatic hydroxyl groups excluding tert-OH is 1. The molecule has 0 aromatic carbocycles. The fourth-order valence-electron chi connectivity index (χ4n) is 3.40. The number of nitrogens with one attached hydrogen (secondary N) is 1. The summed E-state index contributed by atoms with van der Waals surface area (Å²) < 4.78 is 5.85. The fourth-order valence-corrected chi connectivity index (χ4v) is 3.40. The molecule has 19 heavy (non-hydrogen) atoms. The van der Waals surface area contributed by atoms with Crippen molar-refractivity contribution in [2.45, 2.75) is 83.0 Å². The van der Waals surface area contributed by atoms with Crippen molar-refractivity contribution in [2.75, 3.05) is 13.2 Å². The van der Waals surface area contributed by atoms with E-state index >= 15 is 0 Å². The first-order valence-corrected chi connectivity index (χ1v) is 8.12. The van der Waals surface area contributed by atoms with Crippen LogP contribution >= 0.6 is 0 Å². The molecule has 2 aliphatic carbocycles. The van der Waals surface area contributed by atoms with Gasteiger partial charge in [0.2, 0.25) is 0 Å². The maximum atomic E-state index is 10.0. The van der Waals surface area contributed by atoms with Gasteiger partial charge in [0.25, 0.3) is 0 Å². The van der Waals surface area contributed by atoms with Crippen molar-refractivity contribution < 1.29 is 9.84 Å². The summed E-state index contributed by atoms with van der Waals surface area (Å²) in [4.78, 5) is 0. The van der Waals surface area contributed by atoms with Crippen LogP contribution in [0.4, 0.5) is 0 Å². The number of ether oxygens (including phenoxy) is 1. The molecule has 0 aliphatic heterocycles. The topological polar surface area (TPSA) is 41.5 Å². The molecule has 0 amide bonds. The molecule has 112 valence electrons. The molecular formula is C16H31NO2. The van der Waals surface area contributed by atoms with Crippen molar-refractivity contribution in [1.82, 2.24) is 5.32 Å². The number of aliphatic hydroxyl groups is 1. The van der Waals surface area contributed by atoms with E-state index in [1.165, 1.54) is 51.4 Å². The van der Waals surface area contributed by atoms with Crippen molar-refractivity contribution in [3.63, 3.8) is 0 Å². The number of rotatable bonds is 6. The molecule has 2 saturated carbocycles. The lowest BCUT2D eigenvalue weighted by Gasteiger charge is -2.29. The zero-order valence-electron chi connectivity index (χ0n) is 12.7. The molecule has 2 fully saturated rings. The van der Waals surface area contributed by atoms with Gasteiger partial charge in [-0.25, -0.2) is 0 Å². The van der Waals surface area contributed by atoms with Gasteiger partial charge in [0, 0.05) is 12.1 Å². The van der Waals surface area contributed by atoms with Crippen molar-refractivity contribution >= 4 is 0 Å². The third kappa shape index (κ3) is 5.05. The van der Waals surface area contributed by atoms with Crippen LogP contribution < -0.4 is 5.32 Å². The zero-order chi connectivity index (χ0) is 13.7. The average molecular weight is 269 g/mol. The second-order valence-corrected chi connectivity index (χ2v) is 7.02. The molecule has 2 rings (SSSR count). The summed E-state index contributed by atoms with van der Waals surface area (Å²) in [6.45, 7) is 5.75. The Bertz CT molecular complexity index is 255. The number of hydrogen-bond acceptors (Lipinski definition) is 3. The van der Waals surface area contributed by atoms with Crippen molar-refractivity contribution in [3.05, 3.63) is 0 Å². The summed E-state index contributed by atoms with van der Waals surface area (Å²) in [6, 6.07) is 0. The molecule has 0 heterocycles. The third-order valence-electron chi connectivity index (χ3n) is 4.96. The highest BCUT2D eigenvalue weighted by atomic mass is 16.5. The average Bonchev–Trinajstić information content (AvgIpc) is 2.83. The summed E-state index contributed by atoms with van der Waals surface area (Å²) in [5, 5.41) is 13.5. The van der Waals surface area contributed by atoms with E-state index < -0.39 is 0 Å². The van der Waals surface area contributed by atoms with E-state index in [1.54, 1.807) is 0 Å². The summed E-state index contributed by atoms with van der Waals surface area (Å²) in [5.41, 5.74) is 0.251. The standard InChI is InChI=1S/C16H31NO2/c1-13-5-7-15(8-6-13)19-12-14(18)11-17-16(2)9-3-4-10-16/h13-15,17-18H,3-12H2,1-2H3. The second-order valence-electron chi connectivity index (χ2n) is 7.02. The van der Waals surface area contributed by atoms with Crippen LogP contribution in [0.2, 0.25) is 0 Å². The van der Waals surface area contributed by atoms with Crippen molar-refractivity contribution in [1.29, 1.82) is 0 Å². The molecular weight excluding hydrogens is 238 g/mol. The minimum atomic E-state index is -0.364. The van der Waals surface area contributed by atoms with E-state index in [2.05, 4.69) is 19.2 Å². The van der Waals surface area contributed by atoms with E-state index in [0.29, 0.717) is 19.3 Å². The Morgan fingerprint density at radius 1 is 1.21 bits per heavy atom. The van der Waals surface area contributed by atoms with Crippen LogP contribution in [0.3, 0.4) is 0 Å². The first-order chi connectivity index (χ1) is 9.07. The Hall–Kier alpha value is -0.120. The van der Waals surface area contributed by atoms with Gasteiger partial charge in [-0.05, 0) is 51.4 Å². The molecule has 0 spiro atoms. The molecule has 1 atom stereocenters. The van der Waals surface area contributed by atoms with Crippen LogP contribution in [0.25, 0.3) is 0 Å². The minimum Gasteiger partial charge on any atom is -0.389 e. The molecule has 3 heteroatoms. The van der Waals surface area contributed by atoms with Crippen LogP contribution in [-0.2, 0) is 4.74 Å². The monoisotopic (exact) mass is 269 g/mol. The fraction of sp³-hybridized carbons (Fsp3) is 1.00. The maximum absolute atomic E-state index is 10.0. The Morgan fingerprint density at radius 3 is 2.47 bits per heavy atom. The lowest BCUT2D eigenvalue weighted by atomic mass is 9.89. The highest BCUT2D eigenvalue weighted by molar-refractivity contribution is 4.88. The van der Waals surface area contributed by atoms with Gasteiger partial charge in [-0.2, -0.15) is 0 Å². The third-order valence-corrected chi connectivity index (χ3v) is 4.96. The summed E-state index contributed by atoms with van der Waals surface area (Å²) in [7, 11) is 0. The van der Waals surface area contributed by atoms with Crippen LogP contribution in [0.1, 0.15) is 65.2 Å². The molecule has 0 radical (unpaired) electrons. The first kappa shape index (κ1) is 15.3. The molecule has 1 unspecified atom stereocenters. The van der Waals surface area contributed by atoms with Gasteiger partial charge in [-0.15, -0.1) is 0 Å². The van der Waals surface area contributed by atoms with Gasteiger partial charge in [-0.1, -0.05) is 19.8 Å². The predicted octanol–water partition coefficient (Wildman–Crippen LogP) is 2.86. The van der Waals surface area contributed by atoms with Crippen LogP contribution in [0.15, 0.2) is 0 Å². The molecule has 3 nitrogen and oxygen atoms in total. The van der Waals surface area contributed by atoms with E-state index in [4.69, 9.17) is 4.74 Å². The normalized spacial score (nSPS) is 32.4. The molecule has 2 aliphatic rings. The number of β-amino-alcohol motifs (C(OH)–C–C–N with tert-alkyl or cyclic N) is 1. The van der Waals surface area contributed by atoms with Gasteiger partial charge in [0.05, 0.1) is 18.8 Å². The van der Waals surface area contributed by atoms with Gasteiger partial charge >= 0.3 is 0 Å². The van der Waals surface area contributed by atoms with Gasteiger partial charge in [0.1, 0.15) is 0 Å². The Kier molecular flexibility index (Phi) is 5.67. The van der Waals surface area contributed by atoms with Crippen molar-refractivity contribution in [2.24, 2.45) is 5.92 Å². The van der Waals surface area contributed by atoms with Gasteiger partial charge in [-0.3, -0.25) is 0 Å². The zero-order valence-corrected chi connectivity index (χ0v) is 12.7. The smallest absolute Gasteiger partial charge is 0.0898 e. The minimum absolute atomic E-state index is 0.251. The predicted molar refractivity (Wildman–Crippen MR) is 78.3 cm³/mol. The Morgan fingerprint density at radius 2 is 1.84 bits per heavy atom. The lowest BCUT2D eigenvalue weighted by molar-refractivity contribution is -0.0293. The van der Waals surface area contributed by atoms with Crippen LogP contribution in [-0.4, -0.2) is 36.0 Å². The SMILES string of the molecule is CC1CCC(OCC(O)CNC2(C)CCCC2)CC1. The number of hydrogen-bond donors (Lipinski definition) is 2. The molecule has 0 aromatic heterocycles. The summed E-state index contributed by atoms with van der Waals surface area (Å²) in [6.07, 6.45) is 10.0. The van der Waals surface area contributed by atoms with E-state index in [1.807, 2.05) is 0 Å². The Labute approximate surface area is 118 Å². The van der Waals surface area contributed by atoms with E-state index in [-0.39, 0.29) is 11.6 Å². The molecule has 0 bridgehead atoms. The van der Waals surface area contributed by atoms with Crippen molar-refractivity contribution in [3.8, 4) is 0 Å². The second kappa shape index (κ2) is 7.05. The first-order valence-electron chi connectivity index (χ1n) is 8.12. The lowest BCUT2D eigenvalue weighted by Crippen LogP contribution is -2.45. The largest absolute Gasteiger partial charge is 0.389 e. The van der Waals surface area contributed by atoms with Gasteiger partial charge in [0.15, 0.2) is 0 Å². The maximum Gasteiger partial charge on any atom is 0.0898 e. The molecule has 0 saturated heterocycles. The summed E-state index contributed by atoms with van der Waals surface area (Å²) >= 11 is 0. The molecule has 0 aromatic rings.